The second kappa shape index (κ2) is 14.2. The summed E-state index contributed by atoms with van der Waals surface area (Å²) in [5, 5.41) is 9.56. The van der Waals surface area contributed by atoms with Crippen LogP contribution in [0.5, 0.6) is 0 Å². The average Bonchev–Trinajstić information content (AvgIpc) is 3.26. The van der Waals surface area contributed by atoms with Crippen LogP contribution in [0.2, 0.25) is 0 Å². The summed E-state index contributed by atoms with van der Waals surface area (Å²) in [5.74, 6) is 0.0190. The van der Waals surface area contributed by atoms with Crippen LogP contribution in [0.15, 0.2) is 0 Å². The van der Waals surface area contributed by atoms with Crippen LogP contribution < -0.4 is 0 Å². The largest absolute Gasteiger partial charge is 0.549 e. The maximum Gasteiger partial charge on any atom is 0.142 e. The normalized spacial score (nSPS) is 31.6. The SMILES string of the molecule is CCC1CCCC2C3CC(C(C)C3[C-](C(=O)OC)[C-](C(=O)OC)[C-](C)C(=O)O)C12.[Y].[Y].[Y]. The number of carboxylic acid groups (broad SMARTS) is 1. The standard InChI is InChI=1S/C23H33O6.3Y/c1-6-13-8-7-9-14-16-10-15(19(13)14)11(2)17(16)20(23(27)29-5)18(22(26)28-4)12(3)21(24)25;;;/h11,13-17,19H,6-10H2,1-5H3,(H,24,25);;;/q-3;;;. The Balaban J connectivity index is 0.00000320. The van der Waals surface area contributed by atoms with E-state index in [0.717, 1.165) is 18.8 Å². The number of carboxylic acids is 1. The van der Waals surface area contributed by atoms with Crippen molar-refractivity contribution in [2.24, 2.45) is 41.4 Å². The zero-order valence-corrected chi connectivity index (χ0v) is 28.3. The first-order chi connectivity index (χ1) is 13.8. The van der Waals surface area contributed by atoms with Gasteiger partial charge in [0.2, 0.25) is 0 Å². The van der Waals surface area contributed by atoms with E-state index in [0.29, 0.717) is 17.8 Å². The van der Waals surface area contributed by atoms with Crippen molar-refractivity contribution in [2.75, 3.05) is 14.2 Å². The zero-order valence-electron chi connectivity index (χ0n) is 19.8. The first-order valence-corrected chi connectivity index (χ1v) is 10.8. The molecule has 32 heavy (non-hydrogen) atoms. The maximum absolute atomic E-state index is 12.9. The van der Waals surface area contributed by atoms with Crippen LogP contribution in [-0.4, -0.2) is 37.2 Å². The van der Waals surface area contributed by atoms with E-state index in [9.17, 15) is 19.5 Å². The Morgan fingerprint density at radius 2 is 1.56 bits per heavy atom. The molecule has 0 aromatic carbocycles. The van der Waals surface area contributed by atoms with Gasteiger partial charge in [-0.3, -0.25) is 14.4 Å². The van der Waals surface area contributed by atoms with Crippen molar-refractivity contribution in [1.82, 2.24) is 0 Å². The van der Waals surface area contributed by atoms with Crippen molar-refractivity contribution in [3.05, 3.63) is 17.8 Å². The molecule has 9 heteroatoms. The quantitative estimate of drug-likeness (QED) is 0.330. The Morgan fingerprint density at radius 3 is 2.06 bits per heavy atom. The Morgan fingerprint density at radius 1 is 0.969 bits per heavy atom. The molecule has 0 saturated heterocycles. The smallest absolute Gasteiger partial charge is 0.142 e. The third-order valence-corrected chi connectivity index (χ3v) is 8.06. The second-order valence-corrected chi connectivity index (χ2v) is 8.99. The number of esters is 2. The van der Waals surface area contributed by atoms with Gasteiger partial charge in [0.05, 0.1) is 14.2 Å². The molecule has 0 heterocycles. The summed E-state index contributed by atoms with van der Waals surface area (Å²) in [5.41, 5.74) is 0. The first-order valence-electron chi connectivity index (χ1n) is 10.8. The van der Waals surface area contributed by atoms with Gasteiger partial charge in [-0.15, -0.1) is 0 Å². The molecule has 3 saturated carbocycles. The number of hydrogen-bond acceptors (Lipinski definition) is 5. The van der Waals surface area contributed by atoms with Gasteiger partial charge >= 0.3 is 0 Å². The van der Waals surface area contributed by atoms with Crippen LogP contribution in [0.4, 0.5) is 0 Å². The minimum absolute atomic E-state index is 0. The van der Waals surface area contributed by atoms with Crippen molar-refractivity contribution in [2.45, 2.75) is 52.9 Å². The number of rotatable bonds is 7. The molecule has 2 bridgehead atoms. The molecule has 1 N–H and O–H groups in total. The monoisotopic (exact) mass is 672 g/mol. The first kappa shape index (κ1) is 33.3. The van der Waals surface area contributed by atoms with E-state index in [2.05, 4.69) is 13.8 Å². The van der Waals surface area contributed by atoms with Gasteiger partial charge in [-0.05, 0) is 36.5 Å². The fourth-order valence-corrected chi connectivity index (χ4v) is 6.94. The summed E-state index contributed by atoms with van der Waals surface area (Å²) >= 11 is 0. The van der Waals surface area contributed by atoms with Gasteiger partial charge in [0.1, 0.15) is 17.9 Å². The molecule has 3 radical (unpaired) electrons. The van der Waals surface area contributed by atoms with Gasteiger partial charge in [-0.2, -0.15) is 12.8 Å². The topological polar surface area (TPSA) is 89.9 Å². The van der Waals surface area contributed by atoms with Crippen molar-refractivity contribution in [1.29, 1.82) is 0 Å². The number of fused-ring (bicyclic) bond motifs is 5. The van der Waals surface area contributed by atoms with E-state index in [4.69, 9.17) is 9.47 Å². The molecule has 0 aliphatic heterocycles. The van der Waals surface area contributed by atoms with Crippen LogP contribution in [0, 0.1) is 59.2 Å². The zero-order chi connectivity index (χ0) is 21.5. The minimum Gasteiger partial charge on any atom is -0.549 e. The molecule has 3 aliphatic carbocycles. The molecule has 6 nitrogen and oxygen atoms in total. The summed E-state index contributed by atoms with van der Waals surface area (Å²) < 4.78 is 9.94. The molecular formula is C23H33O6Y3-3. The van der Waals surface area contributed by atoms with Gasteiger partial charge < -0.3 is 32.3 Å². The Kier molecular flexibility index (Phi) is 14.8. The van der Waals surface area contributed by atoms with Gasteiger partial charge in [-0.25, -0.2) is 0 Å². The van der Waals surface area contributed by atoms with Crippen LogP contribution in [0.3, 0.4) is 0 Å². The molecule has 3 rings (SSSR count). The van der Waals surface area contributed by atoms with E-state index in [-0.39, 0.29) is 134 Å². The number of carbonyl (C=O) groups is 3. The summed E-state index contributed by atoms with van der Waals surface area (Å²) in [6, 6.07) is 0. The number of ether oxygens (including phenoxy) is 2. The predicted octanol–water partition coefficient (Wildman–Crippen LogP) is 3.50. The summed E-state index contributed by atoms with van der Waals surface area (Å²) in [7, 11) is 2.49. The molecule has 7 unspecified atom stereocenters. The van der Waals surface area contributed by atoms with Crippen LogP contribution in [0.1, 0.15) is 52.9 Å². The fraction of sp³-hybridized carbons (Fsp3) is 0.739. The van der Waals surface area contributed by atoms with E-state index in [1.807, 2.05) is 0 Å². The van der Waals surface area contributed by atoms with Gasteiger partial charge in [-0.1, -0.05) is 44.9 Å². The van der Waals surface area contributed by atoms with E-state index in [1.54, 1.807) is 0 Å². The molecule has 173 valence electrons. The Labute approximate surface area is 267 Å². The van der Waals surface area contributed by atoms with Gasteiger partial charge in [0.15, 0.2) is 0 Å². The second-order valence-electron chi connectivity index (χ2n) is 8.99. The predicted molar refractivity (Wildman–Crippen MR) is 106 cm³/mol. The number of aliphatic carboxylic acids is 1. The van der Waals surface area contributed by atoms with Crippen molar-refractivity contribution < 1.29 is 127 Å². The van der Waals surface area contributed by atoms with Gasteiger partial charge in [0.25, 0.3) is 0 Å². The molecule has 0 spiro atoms. The van der Waals surface area contributed by atoms with Crippen LogP contribution >= 0.6 is 0 Å². The number of methoxy groups -OCH3 is 2. The van der Waals surface area contributed by atoms with E-state index in [1.165, 1.54) is 40.4 Å². The number of carbonyl (C=O) groups excluding carboxylic acids is 2. The molecule has 7 atom stereocenters. The molecular weight excluding hydrogens is 639 g/mol. The van der Waals surface area contributed by atoms with E-state index < -0.39 is 17.9 Å². The fourth-order valence-electron chi connectivity index (χ4n) is 6.94. The number of hydrogen-bond donors (Lipinski definition) is 1. The van der Waals surface area contributed by atoms with Crippen molar-refractivity contribution in [3.63, 3.8) is 0 Å². The average molecular weight is 672 g/mol. The third kappa shape index (κ3) is 6.00. The Hall–Kier alpha value is 1.33. The third-order valence-electron chi connectivity index (χ3n) is 8.06. The van der Waals surface area contributed by atoms with E-state index >= 15 is 0 Å². The Bertz CT molecular complexity index is 658. The summed E-state index contributed by atoms with van der Waals surface area (Å²) in [4.78, 5) is 37.2. The molecule has 3 aliphatic rings. The molecule has 0 aromatic rings. The van der Waals surface area contributed by atoms with Crippen LogP contribution in [0.25, 0.3) is 0 Å². The summed E-state index contributed by atoms with van der Waals surface area (Å²) in [6.45, 7) is 5.77. The summed E-state index contributed by atoms with van der Waals surface area (Å²) in [6.07, 6.45) is 5.84. The maximum atomic E-state index is 12.9. The molecule has 3 fully saturated rings. The van der Waals surface area contributed by atoms with Crippen molar-refractivity contribution >= 4 is 17.9 Å². The van der Waals surface area contributed by atoms with Crippen LogP contribution in [-0.2, 0) is 122 Å². The van der Waals surface area contributed by atoms with Crippen molar-refractivity contribution in [3.8, 4) is 0 Å². The van der Waals surface area contributed by atoms with Gasteiger partial charge in [0, 0.05) is 98.1 Å². The molecule has 0 amide bonds. The minimum atomic E-state index is -1.23. The molecule has 0 aromatic heterocycles.